The number of benzene rings is 1. The zero-order valence-corrected chi connectivity index (χ0v) is 11.3. The van der Waals surface area contributed by atoms with Crippen molar-refractivity contribution in [3.05, 3.63) is 46.8 Å². The highest BCUT2D eigenvalue weighted by Crippen LogP contribution is 2.29. The van der Waals surface area contributed by atoms with E-state index in [1.165, 1.54) is 11.1 Å². The number of hydrogen-bond donors (Lipinski definition) is 1. The molecular weight excluding hydrogens is 240 g/mol. The summed E-state index contributed by atoms with van der Waals surface area (Å²) < 4.78 is 11.0. The summed E-state index contributed by atoms with van der Waals surface area (Å²) in [7, 11) is 0. The predicted molar refractivity (Wildman–Crippen MR) is 72.2 cm³/mol. The van der Waals surface area contributed by atoms with Gasteiger partial charge >= 0.3 is 0 Å². The van der Waals surface area contributed by atoms with E-state index in [2.05, 4.69) is 35.6 Å². The Morgan fingerprint density at radius 1 is 1.32 bits per heavy atom. The molecule has 4 nitrogen and oxygen atoms in total. The first-order valence-corrected chi connectivity index (χ1v) is 6.60. The Labute approximate surface area is 112 Å². The summed E-state index contributed by atoms with van der Waals surface area (Å²) in [6, 6.07) is 8.30. The van der Waals surface area contributed by atoms with Gasteiger partial charge in [0.25, 0.3) is 0 Å². The lowest BCUT2D eigenvalue weighted by atomic mass is 10.1. The molecule has 19 heavy (non-hydrogen) atoms. The molecule has 1 atom stereocenters. The van der Waals surface area contributed by atoms with E-state index in [0.29, 0.717) is 6.54 Å². The maximum Gasteiger partial charge on any atom is 0.150 e. The Balaban J connectivity index is 1.51. The molecule has 1 aliphatic heterocycles. The van der Waals surface area contributed by atoms with Crippen LogP contribution < -0.4 is 10.1 Å². The van der Waals surface area contributed by atoms with Gasteiger partial charge in [-0.3, -0.25) is 0 Å². The van der Waals surface area contributed by atoms with Crippen LogP contribution in [0.5, 0.6) is 5.75 Å². The highest BCUT2D eigenvalue weighted by Gasteiger charge is 2.22. The summed E-state index contributed by atoms with van der Waals surface area (Å²) in [5.41, 5.74) is 3.51. The van der Waals surface area contributed by atoms with Crippen LogP contribution in [0, 0.1) is 13.8 Å². The number of ether oxygens (including phenoxy) is 1. The Morgan fingerprint density at radius 2 is 2.21 bits per heavy atom. The molecule has 1 unspecified atom stereocenters. The number of aryl methyl sites for hydroxylation is 2. The van der Waals surface area contributed by atoms with Crippen molar-refractivity contribution in [2.75, 3.05) is 6.54 Å². The average Bonchev–Trinajstić information content (AvgIpc) is 2.95. The van der Waals surface area contributed by atoms with Gasteiger partial charge in [-0.1, -0.05) is 22.9 Å². The number of rotatable bonds is 4. The molecule has 2 heterocycles. The molecule has 1 aromatic carbocycles. The minimum absolute atomic E-state index is 0.209. The van der Waals surface area contributed by atoms with Gasteiger partial charge in [-0.25, -0.2) is 0 Å². The van der Waals surface area contributed by atoms with E-state index in [1.807, 2.05) is 13.0 Å². The maximum atomic E-state index is 5.90. The van der Waals surface area contributed by atoms with Crippen LogP contribution in [-0.4, -0.2) is 17.8 Å². The van der Waals surface area contributed by atoms with Gasteiger partial charge in [-0.2, -0.15) is 0 Å². The summed E-state index contributed by atoms with van der Waals surface area (Å²) in [5, 5.41) is 7.21. The first-order chi connectivity index (χ1) is 9.20. The Hall–Kier alpha value is -1.81. The van der Waals surface area contributed by atoms with Crippen molar-refractivity contribution in [2.24, 2.45) is 0 Å². The third kappa shape index (κ3) is 2.79. The number of aromatic nitrogens is 1. The van der Waals surface area contributed by atoms with Crippen molar-refractivity contribution >= 4 is 0 Å². The first-order valence-electron chi connectivity index (χ1n) is 6.60. The summed E-state index contributed by atoms with van der Waals surface area (Å²) >= 11 is 0. The van der Waals surface area contributed by atoms with Gasteiger partial charge in [0.1, 0.15) is 11.9 Å². The van der Waals surface area contributed by atoms with Crippen LogP contribution in [0.15, 0.2) is 28.8 Å². The molecule has 0 spiro atoms. The van der Waals surface area contributed by atoms with Gasteiger partial charge in [0.15, 0.2) is 5.76 Å². The molecule has 0 amide bonds. The standard InChI is InChI=1S/C15H18N2O2/c1-10-3-4-15-12(5-10)7-13(18-15)8-16-9-14-6-11(2)17-19-14/h3-6,13,16H,7-9H2,1-2H3. The fourth-order valence-corrected chi connectivity index (χ4v) is 2.42. The Kier molecular flexibility index (Phi) is 3.25. The topological polar surface area (TPSA) is 47.3 Å². The van der Waals surface area contributed by atoms with Crippen molar-refractivity contribution in [3.8, 4) is 5.75 Å². The van der Waals surface area contributed by atoms with Gasteiger partial charge in [-0.15, -0.1) is 0 Å². The second-order valence-electron chi connectivity index (χ2n) is 5.12. The molecule has 0 aliphatic carbocycles. The fraction of sp³-hybridized carbons (Fsp3) is 0.400. The third-order valence-electron chi connectivity index (χ3n) is 3.31. The predicted octanol–water partition coefficient (Wildman–Crippen LogP) is 2.38. The largest absolute Gasteiger partial charge is 0.488 e. The minimum atomic E-state index is 0.209. The van der Waals surface area contributed by atoms with Crippen LogP contribution in [-0.2, 0) is 13.0 Å². The molecule has 1 aromatic heterocycles. The van der Waals surface area contributed by atoms with E-state index < -0.39 is 0 Å². The number of fused-ring (bicyclic) bond motifs is 1. The molecule has 4 heteroatoms. The Bertz CT molecular complexity index is 577. The summed E-state index contributed by atoms with van der Waals surface area (Å²) in [5.74, 6) is 1.89. The highest BCUT2D eigenvalue weighted by molar-refractivity contribution is 5.40. The van der Waals surface area contributed by atoms with E-state index in [0.717, 1.165) is 30.2 Å². The number of nitrogens with one attached hydrogen (secondary N) is 1. The van der Waals surface area contributed by atoms with E-state index in [-0.39, 0.29) is 6.10 Å². The van der Waals surface area contributed by atoms with Crippen LogP contribution >= 0.6 is 0 Å². The van der Waals surface area contributed by atoms with Crippen molar-refractivity contribution < 1.29 is 9.26 Å². The first kappa shape index (κ1) is 12.2. The molecular formula is C15H18N2O2. The molecule has 0 radical (unpaired) electrons. The second-order valence-corrected chi connectivity index (χ2v) is 5.12. The molecule has 1 aliphatic rings. The quantitative estimate of drug-likeness (QED) is 0.914. The SMILES string of the molecule is Cc1ccc2c(c1)CC(CNCc1cc(C)no1)O2. The molecule has 1 N–H and O–H groups in total. The molecule has 3 rings (SSSR count). The van der Waals surface area contributed by atoms with E-state index in [1.54, 1.807) is 0 Å². The molecule has 2 aromatic rings. The van der Waals surface area contributed by atoms with Gasteiger partial charge in [0.05, 0.1) is 12.2 Å². The normalized spacial score (nSPS) is 17.3. The highest BCUT2D eigenvalue weighted by atomic mass is 16.5. The van der Waals surface area contributed by atoms with E-state index in [9.17, 15) is 0 Å². The van der Waals surface area contributed by atoms with Gasteiger partial charge < -0.3 is 14.6 Å². The van der Waals surface area contributed by atoms with Crippen LogP contribution in [0.25, 0.3) is 0 Å². The van der Waals surface area contributed by atoms with Gasteiger partial charge in [0.2, 0.25) is 0 Å². The lowest BCUT2D eigenvalue weighted by molar-refractivity contribution is 0.225. The Morgan fingerprint density at radius 3 is 3.00 bits per heavy atom. The van der Waals surface area contributed by atoms with Gasteiger partial charge in [0, 0.05) is 19.0 Å². The average molecular weight is 258 g/mol. The van der Waals surface area contributed by atoms with Crippen LogP contribution in [0.3, 0.4) is 0 Å². The van der Waals surface area contributed by atoms with Crippen LogP contribution in [0.4, 0.5) is 0 Å². The summed E-state index contributed by atoms with van der Waals surface area (Å²) in [6.45, 7) is 5.54. The molecule has 0 saturated carbocycles. The number of nitrogens with zero attached hydrogens (tertiary/aromatic N) is 1. The number of hydrogen-bond acceptors (Lipinski definition) is 4. The zero-order valence-electron chi connectivity index (χ0n) is 11.3. The zero-order chi connectivity index (χ0) is 13.2. The van der Waals surface area contributed by atoms with E-state index in [4.69, 9.17) is 9.26 Å². The monoisotopic (exact) mass is 258 g/mol. The molecule has 0 saturated heterocycles. The summed E-state index contributed by atoms with van der Waals surface area (Å²) in [6.07, 6.45) is 1.18. The maximum absolute atomic E-state index is 5.90. The molecule has 0 bridgehead atoms. The smallest absolute Gasteiger partial charge is 0.150 e. The minimum Gasteiger partial charge on any atom is -0.488 e. The lowest BCUT2D eigenvalue weighted by Crippen LogP contribution is -2.29. The van der Waals surface area contributed by atoms with Crippen molar-refractivity contribution in [3.63, 3.8) is 0 Å². The molecule has 100 valence electrons. The fourth-order valence-electron chi connectivity index (χ4n) is 2.42. The van der Waals surface area contributed by atoms with Crippen molar-refractivity contribution in [2.45, 2.75) is 32.9 Å². The molecule has 0 fully saturated rings. The van der Waals surface area contributed by atoms with Crippen molar-refractivity contribution in [1.29, 1.82) is 0 Å². The third-order valence-corrected chi connectivity index (χ3v) is 3.31. The van der Waals surface area contributed by atoms with E-state index >= 15 is 0 Å². The second kappa shape index (κ2) is 5.05. The van der Waals surface area contributed by atoms with Crippen molar-refractivity contribution in [1.82, 2.24) is 10.5 Å². The summed E-state index contributed by atoms with van der Waals surface area (Å²) in [4.78, 5) is 0. The van der Waals surface area contributed by atoms with Crippen LogP contribution in [0.1, 0.15) is 22.6 Å². The van der Waals surface area contributed by atoms with Gasteiger partial charge in [-0.05, 0) is 25.5 Å². The lowest BCUT2D eigenvalue weighted by Gasteiger charge is -2.10. The van der Waals surface area contributed by atoms with Crippen LogP contribution in [0.2, 0.25) is 0 Å².